The molecule has 1 aromatic heterocycles. The maximum atomic E-state index is 11.8. The number of nitrogens with zero attached hydrogens (tertiary/aromatic N) is 2. The number of hydrogen-bond acceptors (Lipinski definition) is 3. The van der Waals surface area contributed by atoms with Gasteiger partial charge in [0.15, 0.2) is 5.82 Å². The highest BCUT2D eigenvalue weighted by atomic mass is 19.4. The average molecular weight is 250 g/mol. The maximum Gasteiger partial charge on any atom is 0.411 e. The fraction of sp³-hybridized carbons (Fsp3) is 0.600. The summed E-state index contributed by atoms with van der Waals surface area (Å²) >= 11 is 0. The molecule has 1 heterocycles. The van der Waals surface area contributed by atoms with E-state index in [0.29, 0.717) is 6.54 Å². The highest BCUT2D eigenvalue weighted by Gasteiger charge is 2.28. The molecular weight excluding hydrogens is 237 g/mol. The highest BCUT2D eigenvalue weighted by Crippen LogP contribution is 2.14. The molecule has 4 nitrogen and oxygen atoms in total. The van der Waals surface area contributed by atoms with Gasteiger partial charge in [-0.2, -0.15) is 13.2 Å². The molecule has 0 atom stereocenters. The molecule has 0 N–H and O–H groups in total. The first-order valence-corrected chi connectivity index (χ1v) is 5.13. The number of rotatable bonds is 6. The van der Waals surface area contributed by atoms with Crippen LogP contribution in [0.5, 0.6) is 0 Å². The zero-order valence-corrected chi connectivity index (χ0v) is 9.33. The van der Waals surface area contributed by atoms with Crippen molar-refractivity contribution in [3.05, 3.63) is 18.2 Å². The van der Waals surface area contributed by atoms with E-state index in [2.05, 4.69) is 9.72 Å². The van der Waals surface area contributed by atoms with E-state index in [9.17, 15) is 18.0 Å². The van der Waals surface area contributed by atoms with Crippen LogP contribution in [-0.4, -0.2) is 34.7 Å². The Labute approximate surface area is 96.4 Å². The molecule has 0 unspecified atom stereocenters. The quantitative estimate of drug-likeness (QED) is 0.726. The van der Waals surface area contributed by atoms with E-state index < -0.39 is 25.2 Å². The Morgan fingerprint density at radius 3 is 2.82 bits per heavy atom. The standard InChI is InChI=1S/C10H13F3N2O2/c1-2-4-15-5-3-14-9(15)8(16)6-17-7-10(11,12)13/h3,5H,2,4,6-7H2,1H3. The van der Waals surface area contributed by atoms with Crippen molar-refractivity contribution in [1.82, 2.24) is 9.55 Å². The summed E-state index contributed by atoms with van der Waals surface area (Å²) in [5, 5.41) is 0. The van der Waals surface area contributed by atoms with Crippen molar-refractivity contribution in [2.45, 2.75) is 26.1 Å². The third-order valence-electron chi connectivity index (χ3n) is 1.93. The van der Waals surface area contributed by atoms with Gasteiger partial charge in [0.2, 0.25) is 5.78 Å². The Balaban J connectivity index is 2.49. The number of alkyl halides is 3. The van der Waals surface area contributed by atoms with Crippen LogP contribution in [-0.2, 0) is 11.3 Å². The summed E-state index contributed by atoms with van der Waals surface area (Å²) in [5.74, 6) is -0.415. The average Bonchev–Trinajstić information content (AvgIpc) is 2.64. The molecule has 7 heteroatoms. The lowest BCUT2D eigenvalue weighted by Crippen LogP contribution is -2.22. The molecule has 0 aliphatic rings. The molecular formula is C10H13F3N2O2. The molecule has 0 bridgehead atoms. The zero-order valence-electron chi connectivity index (χ0n) is 9.33. The molecule has 0 aliphatic carbocycles. The van der Waals surface area contributed by atoms with E-state index >= 15 is 0 Å². The van der Waals surface area contributed by atoms with Gasteiger partial charge >= 0.3 is 6.18 Å². The summed E-state index contributed by atoms with van der Waals surface area (Å²) in [6.07, 6.45) is -0.563. The van der Waals surface area contributed by atoms with Crippen molar-refractivity contribution in [1.29, 1.82) is 0 Å². The van der Waals surface area contributed by atoms with Gasteiger partial charge in [0.1, 0.15) is 13.2 Å². The van der Waals surface area contributed by atoms with Gasteiger partial charge in [0.25, 0.3) is 0 Å². The van der Waals surface area contributed by atoms with Crippen LogP contribution in [0.25, 0.3) is 0 Å². The molecule has 1 rings (SSSR count). The monoisotopic (exact) mass is 250 g/mol. The van der Waals surface area contributed by atoms with Gasteiger partial charge in [-0.1, -0.05) is 6.92 Å². The minimum absolute atomic E-state index is 0.133. The molecule has 0 fully saturated rings. The lowest BCUT2D eigenvalue weighted by molar-refractivity contribution is -0.170. The SMILES string of the molecule is CCCn1ccnc1C(=O)COCC(F)(F)F. The van der Waals surface area contributed by atoms with Crippen LogP contribution >= 0.6 is 0 Å². The first-order chi connectivity index (χ1) is 7.94. The minimum atomic E-state index is -4.42. The zero-order chi connectivity index (χ0) is 12.9. The second-order valence-corrected chi connectivity index (χ2v) is 3.48. The molecule has 0 saturated heterocycles. The van der Waals surface area contributed by atoms with Gasteiger partial charge in [-0.3, -0.25) is 4.79 Å². The van der Waals surface area contributed by atoms with E-state index in [4.69, 9.17) is 0 Å². The molecule has 0 aromatic carbocycles. The molecule has 0 aliphatic heterocycles. The molecule has 0 radical (unpaired) electrons. The van der Waals surface area contributed by atoms with Gasteiger partial charge in [0, 0.05) is 18.9 Å². The number of hydrogen-bond donors (Lipinski definition) is 0. The third kappa shape index (κ3) is 4.56. The van der Waals surface area contributed by atoms with Gasteiger partial charge < -0.3 is 9.30 Å². The van der Waals surface area contributed by atoms with Crippen molar-refractivity contribution in [3.8, 4) is 0 Å². The molecule has 17 heavy (non-hydrogen) atoms. The Hall–Kier alpha value is -1.37. The summed E-state index contributed by atoms with van der Waals surface area (Å²) in [5.41, 5.74) is 0. The minimum Gasteiger partial charge on any atom is -0.364 e. The van der Waals surface area contributed by atoms with E-state index in [1.807, 2.05) is 6.92 Å². The van der Waals surface area contributed by atoms with Gasteiger partial charge in [-0.25, -0.2) is 4.98 Å². The second-order valence-electron chi connectivity index (χ2n) is 3.48. The molecule has 96 valence electrons. The number of Topliss-reactive ketones (excluding diaryl/α,β-unsaturated/α-hetero) is 1. The summed E-state index contributed by atoms with van der Waals surface area (Å²) in [4.78, 5) is 15.3. The molecule has 0 spiro atoms. The van der Waals surface area contributed by atoms with E-state index in [1.165, 1.54) is 6.20 Å². The number of aryl methyl sites for hydroxylation is 1. The maximum absolute atomic E-state index is 11.8. The normalized spacial score (nSPS) is 11.8. The topological polar surface area (TPSA) is 44.1 Å². The van der Waals surface area contributed by atoms with E-state index in [1.54, 1.807) is 10.8 Å². The predicted molar refractivity (Wildman–Crippen MR) is 53.7 cm³/mol. The number of ether oxygens (including phenoxy) is 1. The number of carbonyl (C=O) groups is 1. The molecule has 1 aromatic rings. The number of aromatic nitrogens is 2. The fourth-order valence-corrected chi connectivity index (χ4v) is 1.31. The van der Waals surface area contributed by atoms with Crippen molar-refractivity contribution in [2.24, 2.45) is 0 Å². The van der Waals surface area contributed by atoms with Crippen LogP contribution < -0.4 is 0 Å². The van der Waals surface area contributed by atoms with Crippen molar-refractivity contribution in [3.63, 3.8) is 0 Å². The number of imidazole rings is 1. The van der Waals surface area contributed by atoms with Crippen LogP contribution in [0.2, 0.25) is 0 Å². The Morgan fingerprint density at radius 2 is 2.24 bits per heavy atom. The van der Waals surface area contributed by atoms with Gasteiger partial charge in [-0.15, -0.1) is 0 Å². The summed E-state index contributed by atoms with van der Waals surface area (Å²) < 4.78 is 41.3. The largest absolute Gasteiger partial charge is 0.411 e. The predicted octanol–water partition coefficient (Wildman–Crippen LogP) is 2.05. The first-order valence-electron chi connectivity index (χ1n) is 5.13. The number of carbonyl (C=O) groups excluding carboxylic acids is 1. The summed E-state index contributed by atoms with van der Waals surface area (Å²) in [7, 11) is 0. The van der Waals surface area contributed by atoms with Crippen LogP contribution in [0.1, 0.15) is 24.0 Å². The lowest BCUT2D eigenvalue weighted by Gasteiger charge is -2.08. The van der Waals surface area contributed by atoms with Crippen molar-refractivity contribution in [2.75, 3.05) is 13.2 Å². The van der Waals surface area contributed by atoms with Gasteiger partial charge in [0.05, 0.1) is 0 Å². The smallest absolute Gasteiger partial charge is 0.364 e. The van der Waals surface area contributed by atoms with Crippen LogP contribution in [0, 0.1) is 0 Å². The number of halogens is 3. The molecule has 0 amide bonds. The van der Waals surface area contributed by atoms with Crippen molar-refractivity contribution >= 4 is 5.78 Å². The summed E-state index contributed by atoms with van der Waals surface area (Å²) in [6, 6.07) is 0. The Morgan fingerprint density at radius 1 is 1.53 bits per heavy atom. The van der Waals surface area contributed by atoms with Crippen LogP contribution in [0.3, 0.4) is 0 Å². The van der Waals surface area contributed by atoms with Crippen molar-refractivity contribution < 1.29 is 22.7 Å². The van der Waals surface area contributed by atoms with E-state index in [0.717, 1.165) is 6.42 Å². The Kier molecular flexibility index (Phi) is 4.68. The van der Waals surface area contributed by atoms with Crippen LogP contribution in [0.4, 0.5) is 13.2 Å². The van der Waals surface area contributed by atoms with Gasteiger partial charge in [-0.05, 0) is 6.42 Å². The van der Waals surface area contributed by atoms with E-state index in [-0.39, 0.29) is 5.82 Å². The fourth-order valence-electron chi connectivity index (χ4n) is 1.31. The second kappa shape index (κ2) is 5.81. The highest BCUT2D eigenvalue weighted by molar-refractivity contribution is 5.93. The molecule has 0 saturated carbocycles. The first kappa shape index (κ1) is 13.7. The number of ketones is 1. The summed E-state index contributed by atoms with van der Waals surface area (Å²) in [6.45, 7) is 0.488. The third-order valence-corrected chi connectivity index (χ3v) is 1.93. The Bertz CT molecular complexity index is 374. The van der Waals surface area contributed by atoms with Crippen LogP contribution in [0.15, 0.2) is 12.4 Å². The lowest BCUT2D eigenvalue weighted by atomic mass is 10.3.